The molecule has 0 spiro atoms. The molecule has 0 atom stereocenters. The molecule has 0 saturated heterocycles. The van der Waals surface area contributed by atoms with Gasteiger partial charge in [0.15, 0.2) is 0 Å². The van der Waals surface area contributed by atoms with Crippen molar-refractivity contribution < 1.29 is 0 Å². The Morgan fingerprint density at radius 3 is 2.33 bits per heavy atom. The summed E-state index contributed by atoms with van der Waals surface area (Å²) in [5.74, 6) is 1.02. The molecule has 1 saturated carbocycles. The third-order valence-corrected chi connectivity index (χ3v) is 3.89. The van der Waals surface area contributed by atoms with E-state index in [4.69, 9.17) is 0 Å². The maximum absolute atomic E-state index is 3.69. The number of nitrogens with zero attached hydrogens (tertiary/aromatic N) is 1. The molecule has 0 aliphatic heterocycles. The minimum Gasteiger partial charge on any atom is -0.313 e. The highest BCUT2D eigenvalue weighted by Crippen LogP contribution is 2.26. The molecule has 1 N–H and O–H groups in total. The fraction of sp³-hybridized carbons (Fsp3) is 1.00. The zero-order valence-corrected chi connectivity index (χ0v) is 10.8. The molecular formula is C13H28N2. The summed E-state index contributed by atoms with van der Waals surface area (Å²) in [5, 5.41) is 3.69. The van der Waals surface area contributed by atoms with Gasteiger partial charge in [-0.15, -0.1) is 0 Å². The van der Waals surface area contributed by atoms with Crippen LogP contribution in [0.25, 0.3) is 0 Å². The molecule has 0 aromatic heterocycles. The van der Waals surface area contributed by atoms with Gasteiger partial charge in [0.05, 0.1) is 0 Å². The van der Waals surface area contributed by atoms with E-state index in [1.54, 1.807) is 0 Å². The van der Waals surface area contributed by atoms with Crippen molar-refractivity contribution in [2.24, 2.45) is 5.92 Å². The molecule has 0 heterocycles. The topological polar surface area (TPSA) is 15.3 Å². The summed E-state index contributed by atoms with van der Waals surface area (Å²) in [6.07, 6.45) is 7.06. The van der Waals surface area contributed by atoms with Gasteiger partial charge in [-0.05, 0) is 45.2 Å². The summed E-state index contributed by atoms with van der Waals surface area (Å²) >= 11 is 0. The number of hydrogen-bond acceptors (Lipinski definition) is 2. The summed E-state index contributed by atoms with van der Waals surface area (Å²) in [6.45, 7) is 8.04. The summed E-state index contributed by atoms with van der Waals surface area (Å²) in [5.41, 5.74) is 0. The SMILES string of the molecule is CCC1CCC(NCCN(C)CC)CC1. The van der Waals surface area contributed by atoms with E-state index < -0.39 is 0 Å². The van der Waals surface area contributed by atoms with Crippen LogP contribution in [0.4, 0.5) is 0 Å². The van der Waals surface area contributed by atoms with E-state index in [0.717, 1.165) is 25.0 Å². The van der Waals surface area contributed by atoms with Gasteiger partial charge in [-0.25, -0.2) is 0 Å². The molecule has 2 heteroatoms. The summed E-state index contributed by atoms with van der Waals surface area (Å²) in [4.78, 5) is 2.37. The number of nitrogens with one attached hydrogen (secondary N) is 1. The van der Waals surface area contributed by atoms with Gasteiger partial charge in [-0.2, -0.15) is 0 Å². The molecule has 2 nitrogen and oxygen atoms in total. The van der Waals surface area contributed by atoms with Crippen LogP contribution in [0.3, 0.4) is 0 Å². The van der Waals surface area contributed by atoms with E-state index in [9.17, 15) is 0 Å². The van der Waals surface area contributed by atoms with Gasteiger partial charge >= 0.3 is 0 Å². The quantitative estimate of drug-likeness (QED) is 0.728. The lowest BCUT2D eigenvalue weighted by atomic mass is 9.84. The van der Waals surface area contributed by atoms with Crippen molar-refractivity contribution >= 4 is 0 Å². The summed E-state index contributed by atoms with van der Waals surface area (Å²) < 4.78 is 0. The van der Waals surface area contributed by atoms with E-state index in [-0.39, 0.29) is 0 Å². The molecule has 1 rings (SSSR count). The molecule has 0 bridgehead atoms. The van der Waals surface area contributed by atoms with Crippen LogP contribution in [0.1, 0.15) is 46.0 Å². The van der Waals surface area contributed by atoms with Gasteiger partial charge in [0, 0.05) is 19.1 Å². The molecule has 90 valence electrons. The van der Waals surface area contributed by atoms with Crippen LogP contribution in [-0.2, 0) is 0 Å². The van der Waals surface area contributed by atoms with E-state index in [0.29, 0.717) is 0 Å². The minimum atomic E-state index is 0.804. The van der Waals surface area contributed by atoms with Crippen molar-refractivity contribution in [2.45, 2.75) is 52.0 Å². The first-order chi connectivity index (χ1) is 7.26. The van der Waals surface area contributed by atoms with Crippen molar-refractivity contribution in [1.82, 2.24) is 10.2 Å². The van der Waals surface area contributed by atoms with Crippen LogP contribution in [0, 0.1) is 5.92 Å². The van der Waals surface area contributed by atoms with Gasteiger partial charge in [-0.1, -0.05) is 20.3 Å². The molecule has 0 radical (unpaired) electrons. The third-order valence-electron chi connectivity index (χ3n) is 3.89. The van der Waals surface area contributed by atoms with Gasteiger partial charge in [-0.3, -0.25) is 0 Å². The van der Waals surface area contributed by atoms with Gasteiger partial charge < -0.3 is 10.2 Å². The zero-order chi connectivity index (χ0) is 11.1. The second-order valence-electron chi connectivity index (χ2n) is 4.98. The van der Waals surface area contributed by atoms with Crippen molar-refractivity contribution in [3.63, 3.8) is 0 Å². The number of rotatable bonds is 6. The largest absolute Gasteiger partial charge is 0.313 e. The van der Waals surface area contributed by atoms with Crippen molar-refractivity contribution in [3.8, 4) is 0 Å². The third kappa shape index (κ3) is 4.98. The lowest BCUT2D eigenvalue weighted by molar-refractivity contribution is 0.272. The first-order valence-corrected chi connectivity index (χ1v) is 6.68. The second kappa shape index (κ2) is 7.24. The average molecular weight is 212 g/mol. The predicted molar refractivity (Wildman–Crippen MR) is 67.2 cm³/mol. The Balaban J connectivity index is 2.03. The maximum Gasteiger partial charge on any atom is 0.0104 e. The molecule has 15 heavy (non-hydrogen) atoms. The van der Waals surface area contributed by atoms with Crippen LogP contribution < -0.4 is 5.32 Å². The lowest BCUT2D eigenvalue weighted by Gasteiger charge is -2.29. The number of likely N-dealkylation sites (N-methyl/N-ethyl adjacent to an activating group) is 1. The Morgan fingerprint density at radius 1 is 1.13 bits per heavy atom. The Morgan fingerprint density at radius 2 is 1.80 bits per heavy atom. The molecule has 0 unspecified atom stereocenters. The maximum atomic E-state index is 3.69. The number of hydrogen-bond donors (Lipinski definition) is 1. The Bertz CT molecular complexity index is 151. The molecule has 0 aromatic carbocycles. The zero-order valence-electron chi connectivity index (χ0n) is 10.8. The van der Waals surface area contributed by atoms with Crippen LogP contribution in [0.2, 0.25) is 0 Å². The molecule has 1 aliphatic rings. The Hall–Kier alpha value is -0.0800. The van der Waals surface area contributed by atoms with E-state index in [1.165, 1.54) is 38.6 Å². The summed E-state index contributed by atoms with van der Waals surface area (Å²) in [6, 6.07) is 0.804. The van der Waals surface area contributed by atoms with Gasteiger partial charge in [0.1, 0.15) is 0 Å². The normalized spacial score (nSPS) is 27.2. The first-order valence-electron chi connectivity index (χ1n) is 6.68. The highest BCUT2D eigenvalue weighted by Gasteiger charge is 2.18. The molecule has 0 aromatic rings. The fourth-order valence-corrected chi connectivity index (χ4v) is 2.39. The minimum absolute atomic E-state index is 0.804. The van der Waals surface area contributed by atoms with Crippen molar-refractivity contribution in [1.29, 1.82) is 0 Å². The van der Waals surface area contributed by atoms with E-state index in [1.807, 2.05) is 0 Å². The van der Waals surface area contributed by atoms with Gasteiger partial charge in [0.2, 0.25) is 0 Å². The Kier molecular flexibility index (Phi) is 6.26. The second-order valence-corrected chi connectivity index (χ2v) is 4.98. The van der Waals surface area contributed by atoms with Crippen LogP contribution in [0.5, 0.6) is 0 Å². The Labute approximate surface area is 95.4 Å². The van der Waals surface area contributed by atoms with Gasteiger partial charge in [0.25, 0.3) is 0 Å². The van der Waals surface area contributed by atoms with Crippen molar-refractivity contribution in [2.75, 3.05) is 26.7 Å². The van der Waals surface area contributed by atoms with Crippen LogP contribution in [0.15, 0.2) is 0 Å². The highest BCUT2D eigenvalue weighted by atomic mass is 15.1. The molecule has 1 aliphatic carbocycles. The van der Waals surface area contributed by atoms with E-state index in [2.05, 4.69) is 31.1 Å². The monoisotopic (exact) mass is 212 g/mol. The van der Waals surface area contributed by atoms with Crippen LogP contribution >= 0.6 is 0 Å². The first kappa shape index (κ1) is 13.0. The highest BCUT2D eigenvalue weighted by molar-refractivity contribution is 4.76. The lowest BCUT2D eigenvalue weighted by Crippen LogP contribution is -2.38. The average Bonchev–Trinajstić information content (AvgIpc) is 2.29. The molecule has 0 amide bonds. The summed E-state index contributed by atoms with van der Waals surface area (Å²) in [7, 11) is 2.19. The smallest absolute Gasteiger partial charge is 0.0104 e. The standard InChI is InChI=1S/C13H28N2/c1-4-12-6-8-13(9-7-12)14-10-11-15(3)5-2/h12-14H,4-11H2,1-3H3. The fourth-order valence-electron chi connectivity index (χ4n) is 2.39. The molecular weight excluding hydrogens is 184 g/mol. The molecule has 1 fully saturated rings. The van der Waals surface area contributed by atoms with Crippen molar-refractivity contribution in [3.05, 3.63) is 0 Å². The van der Waals surface area contributed by atoms with Crippen LogP contribution in [-0.4, -0.2) is 37.6 Å². The predicted octanol–water partition coefficient (Wildman–Crippen LogP) is 2.50. The van der Waals surface area contributed by atoms with E-state index >= 15 is 0 Å².